The Balaban J connectivity index is 1.49. The average molecular weight is 320 g/mol. The fraction of sp³-hybridized carbons (Fsp3) is 0.765. The SMILES string of the molecule is CC1(C)[C@H](NC(=O)c2ncoc2[C@@H]2CCCO2)[C@@H]2CCCO[C@@H]21. The van der Waals surface area contributed by atoms with E-state index in [-0.39, 0.29) is 29.6 Å². The van der Waals surface area contributed by atoms with E-state index in [1.807, 2.05) is 0 Å². The number of rotatable bonds is 3. The highest BCUT2D eigenvalue weighted by atomic mass is 16.5. The highest BCUT2D eigenvalue weighted by Crippen LogP contribution is 2.51. The van der Waals surface area contributed by atoms with Gasteiger partial charge in [0, 0.05) is 30.6 Å². The molecule has 0 radical (unpaired) electrons. The second kappa shape index (κ2) is 5.60. The third-order valence-electron chi connectivity index (χ3n) is 5.65. The summed E-state index contributed by atoms with van der Waals surface area (Å²) in [5, 5.41) is 3.18. The predicted molar refractivity (Wildman–Crippen MR) is 81.9 cm³/mol. The second-order valence-electron chi connectivity index (χ2n) is 7.44. The minimum atomic E-state index is -0.161. The molecule has 3 heterocycles. The maximum Gasteiger partial charge on any atom is 0.273 e. The lowest BCUT2D eigenvalue weighted by Crippen LogP contribution is -2.70. The Morgan fingerprint density at radius 1 is 1.26 bits per heavy atom. The molecule has 3 fully saturated rings. The molecule has 1 aromatic heterocycles. The molecule has 1 aliphatic carbocycles. The Morgan fingerprint density at radius 2 is 2.04 bits per heavy atom. The van der Waals surface area contributed by atoms with Crippen molar-refractivity contribution in [2.45, 2.75) is 57.8 Å². The number of fused-ring (bicyclic) bond motifs is 1. The van der Waals surface area contributed by atoms with E-state index < -0.39 is 0 Å². The maximum atomic E-state index is 12.7. The molecule has 1 N–H and O–H groups in total. The Morgan fingerprint density at radius 3 is 2.83 bits per heavy atom. The Bertz CT molecular complexity index is 591. The first-order valence-corrected chi connectivity index (χ1v) is 8.56. The molecular formula is C17H24N2O4. The summed E-state index contributed by atoms with van der Waals surface area (Å²) in [5.74, 6) is 0.806. The minimum Gasteiger partial charge on any atom is -0.445 e. The number of ether oxygens (including phenoxy) is 2. The third-order valence-corrected chi connectivity index (χ3v) is 5.65. The van der Waals surface area contributed by atoms with Gasteiger partial charge in [-0.3, -0.25) is 4.79 Å². The number of nitrogens with zero attached hydrogens (tertiary/aromatic N) is 1. The van der Waals surface area contributed by atoms with Gasteiger partial charge in [0.1, 0.15) is 6.10 Å². The van der Waals surface area contributed by atoms with Gasteiger partial charge in [0.2, 0.25) is 0 Å². The van der Waals surface area contributed by atoms with Crippen molar-refractivity contribution in [3.8, 4) is 0 Å². The third kappa shape index (κ3) is 2.39. The number of carbonyl (C=O) groups is 1. The zero-order valence-electron chi connectivity index (χ0n) is 13.7. The molecule has 1 aromatic rings. The van der Waals surface area contributed by atoms with Crippen molar-refractivity contribution in [3.63, 3.8) is 0 Å². The lowest BCUT2D eigenvalue weighted by molar-refractivity contribution is -0.189. The van der Waals surface area contributed by atoms with Crippen molar-refractivity contribution in [2.24, 2.45) is 11.3 Å². The van der Waals surface area contributed by atoms with Gasteiger partial charge in [-0.25, -0.2) is 4.98 Å². The minimum absolute atomic E-state index is 0.0471. The number of hydrogen-bond donors (Lipinski definition) is 1. The van der Waals surface area contributed by atoms with Gasteiger partial charge in [0.25, 0.3) is 5.91 Å². The van der Waals surface area contributed by atoms with Crippen LogP contribution in [0.3, 0.4) is 0 Å². The van der Waals surface area contributed by atoms with Gasteiger partial charge in [-0.05, 0) is 25.7 Å². The molecule has 0 spiro atoms. The molecule has 23 heavy (non-hydrogen) atoms. The number of oxazole rings is 1. The summed E-state index contributed by atoms with van der Waals surface area (Å²) >= 11 is 0. The number of amides is 1. The second-order valence-corrected chi connectivity index (χ2v) is 7.44. The standard InChI is InChI=1S/C17H24N2O4/c1-17(2)14(10-5-3-8-22-15(10)17)19-16(20)12-13(23-9-18-12)11-6-4-7-21-11/h9-11,14-15H,3-8H2,1-2H3,(H,19,20)/t10-,11-,14+,15-/m0/s1. The van der Waals surface area contributed by atoms with Gasteiger partial charge < -0.3 is 19.2 Å². The monoisotopic (exact) mass is 320 g/mol. The Hall–Kier alpha value is -1.40. The molecule has 6 heteroatoms. The summed E-state index contributed by atoms with van der Waals surface area (Å²) in [4.78, 5) is 16.9. The highest BCUT2D eigenvalue weighted by molar-refractivity contribution is 5.93. The van der Waals surface area contributed by atoms with E-state index in [2.05, 4.69) is 24.1 Å². The van der Waals surface area contributed by atoms with Gasteiger partial charge in [-0.1, -0.05) is 13.8 Å². The molecule has 6 nitrogen and oxygen atoms in total. The van der Waals surface area contributed by atoms with Crippen LogP contribution in [-0.2, 0) is 9.47 Å². The summed E-state index contributed by atoms with van der Waals surface area (Å²) in [6.07, 6.45) is 5.48. The van der Waals surface area contributed by atoms with Crippen molar-refractivity contribution in [1.29, 1.82) is 0 Å². The molecule has 4 atom stereocenters. The normalized spacial score (nSPS) is 35.4. The summed E-state index contributed by atoms with van der Waals surface area (Å²) in [6.45, 7) is 5.86. The first kappa shape index (κ1) is 15.1. The van der Waals surface area contributed by atoms with Crippen LogP contribution in [0.2, 0.25) is 0 Å². The summed E-state index contributed by atoms with van der Waals surface area (Å²) in [6, 6.07) is 0.120. The van der Waals surface area contributed by atoms with Crippen LogP contribution in [0, 0.1) is 11.3 Å². The van der Waals surface area contributed by atoms with Crippen molar-refractivity contribution in [3.05, 3.63) is 17.8 Å². The number of carbonyl (C=O) groups excluding carboxylic acids is 1. The number of hydrogen-bond acceptors (Lipinski definition) is 5. The maximum absolute atomic E-state index is 12.7. The van der Waals surface area contributed by atoms with Crippen LogP contribution in [0.5, 0.6) is 0 Å². The molecule has 4 rings (SSSR count). The average Bonchev–Trinajstić information content (AvgIpc) is 3.22. The van der Waals surface area contributed by atoms with E-state index in [0.717, 1.165) is 32.3 Å². The van der Waals surface area contributed by atoms with Crippen LogP contribution in [-0.4, -0.2) is 36.3 Å². The van der Waals surface area contributed by atoms with Crippen LogP contribution >= 0.6 is 0 Å². The van der Waals surface area contributed by atoms with Crippen molar-refractivity contribution in [1.82, 2.24) is 10.3 Å². The molecular weight excluding hydrogens is 296 g/mol. The highest BCUT2D eigenvalue weighted by Gasteiger charge is 2.58. The van der Waals surface area contributed by atoms with Crippen LogP contribution in [0.1, 0.15) is 61.9 Å². The lowest BCUT2D eigenvalue weighted by atomic mass is 9.55. The van der Waals surface area contributed by atoms with Gasteiger partial charge in [-0.15, -0.1) is 0 Å². The summed E-state index contributed by atoms with van der Waals surface area (Å²) in [5.41, 5.74) is 0.321. The van der Waals surface area contributed by atoms with Gasteiger partial charge in [0.15, 0.2) is 17.8 Å². The Kier molecular flexibility index (Phi) is 3.69. The zero-order valence-corrected chi connectivity index (χ0v) is 13.7. The number of nitrogens with one attached hydrogen (secondary N) is 1. The predicted octanol–water partition coefficient (Wildman–Crippen LogP) is 2.46. The first-order valence-electron chi connectivity index (χ1n) is 8.56. The molecule has 3 aliphatic rings. The molecule has 2 aliphatic heterocycles. The molecule has 0 aromatic carbocycles. The van der Waals surface area contributed by atoms with E-state index in [0.29, 0.717) is 24.0 Å². The fourth-order valence-corrected chi connectivity index (χ4v) is 4.46. The van der Waals surface area contributed by atoms with Crippen LogP contribution in [0.4, 0.5) is 0 Å². The largest absolute Gasteiger partial charge is 0.445 e. The van der Waals surface area contributed by atoms with Crippen molar-refractivity contribution < 1.29 is 18.7 Å². The van der Waals surface area contributed by atoms with E-state index in [1.165, 1.54) is 6.39 Å². The van der Waals surface area contributed by atoms with Gasteiger partial charge >= 0.3 is 0 Å². The van der Waals surface area contributed by atoms with Crippen LogP contribution in [0.15, 0.2) is 10.8 Å². The van der Waals surface area contributed by atoms with E-state index >= 15 is 0 Å². The van der Waals surface area contributed by atoms with E-state index in [9.17, 15) is 4.79 Å². The molecule has 126 valence electrons. The topological polar surface area (TPSA) is 73.6 Å². The van der Waals surface area contributed by atoms with E-state index in [1.54, 1.807) is 0 Å². The molecule has 1 amide bonds. The van der Waals surface area contributed by atoms with Crippen molar-refractivity contribution >= 4 is 5.91 Å². The van der Waals surface area contributed by atoms with Crippen LogP contribution in [0.25, 0.3) is 0 Å². The molecule has 2 saturated heterocycles. The van der Waals surface area contributed by atoms with Gasteiger partial charge in [0.05, 0.1) is 6.10 Å². The van der Waals surface area contributed by atoms with E-state index in [4.69, 9.17) is 13.9 Å². The fourth-order valence-electron chi connectivity index (χ4n) is 4.46. The summed E-state index contributed by atoms with van der Waals surface area (Å²) in [7, 11) is 0. The molecule has 0 unspecified atom stereocenters. The molecule has 0 bridgehead atoms. The zero-order chi connectivity index (χ0) is 16.0. The lowest BCUT2D eigenvalue weighted by Gasteiger charge is -2.59. The first-order chi connectivity index (χ1) is 11.1. The number of aromatic nitrogens is 1. The van der Waals surface area contributed by atoms with Crippen molar-refractivity contribution in [2.75, 3.05) is 13.2 Å². The van der Waals surface area contributed by atoms with Crippen LogP contribution < -0.4 is 5.32 Å². The molecule has 1 saturated carbocycles. The quantitative estimate of drug-likeness (QED) is 0.926. The van der Waals surface area contributed by atoms with Gasteiger partial charge in [-0.2, -0.15) is 0 Å². The smallest absolute Gasteiger partial charge is 0.273 e. The Labute approximate surface area is 135 Å². The summed E-state index contributed by atoms with van der Waals surface area (Å²) < 4.78 is 17.0.